The topological polar surface area (TPSA) is 189 Å². The second-order valence-corrected chi connectivity index (χ2v) is 8.95. The fourth-order valence-corrected chi connectivity index (χ4v) is 3.44. The highest BCUT2D eigenvalue weighted by molar-refractivity contribution is 8.15. The number of phosphoric acid groups is 1. The summed E-state index contributed by atoms with van der Waals surface area (Å²) >= 11 is 2.72. The number of amidine groups is 2. The summed E-state index contributed by atoms with van der Waals surface area (Å²) in [6.07, 6.45) is 0. The molecule has 0 aromatic rings. The van der Waals surface area contributed by atoms with Gasteiger partial charge in [0.1, 0.15) is 0 Å². The summed E-state index contributed by atoms with van der Waals surface area (Å²) in [6, 6.07) is 0. The lowest BCUT2D eigenvalue weighted by Crippen LogP contribution is -2.32. The molecule has 0 aliphatic carbocycles. The zero-order valence-electron chi connectivity index (χ0n) is 16.3. The van der Waals surface area contributed by atoms with Crippen LogP contribution in [0.25, 0.3) is 0 Å². The van der Waals surface area contributed by atoms with Gasteiger partial charge < -0.3 is 25.5 Å². The first-order valence-corrected chi connectivity index (χ1v) is 11.5. The Balaban J connectivity index is 0. The number of carbonyl (C=O) groups excluding carboxylic acids is 2. The molecule has 2 amide bonds. The summed E-state index contributed by atoms with van der Waals surface area (Å²) < 4.78 is 8.88. The number of aliphatic hydroxyl groups excluding tert-OH is 1. The molecule has 174 valence electrons. The highest BCUT2D eigenvalue weighted by Crippen LogP contribution is 2.28. The Morgan fingerprint density at radius 2 is 1.77 bits per heavy atom. The van der Waals surface area contributed by atoms with Crippen LogP contribution >= 0.6 is 31.3 Å². The molecule has 1 atom stereocenters. The summed E-state index contributed by atoms with van der Waals surface area (Å²) in [5.74, 6) is 0.412. The lowest BCUT2D eigenvalue weighted by Gasteiger charge is -2.15. The molecule has 0 aromatic carbocycles. The standard InChI is InChI=1S/C12H16N4O2S2.C2H7NO.CH4.H3O4P/c1-7(2)5-16-10(18)8(3)20-12(16)14-13-11-15(4)9(17)6-19-11;3-1-2-4;;1-5(2,3)4/h8H,1,5-6H2,2-4H3;4H,1-3H2;1H4;(H3,1,2,3,4). The van der Waals surface area contributed by atoms with Gasteiger partial charge in [0.05, 0.1) is 17.6 Å². The lowest BCUT2D eigenvalue weighted by atomic mass is 10.3. The van der Waals surface area contributed by atoms with Crippen LogP contribution in [0.1, 0.15) is 21.3 Å². The fourth-order valence-electron chi connectivity index (χ4n) is 1.69. The molecule has 6 N–H and O–H groups in total. The Morgan fingerprint density at radius 3 is 2.13 bits per heavy atom. The maximum absolute atomic E-state index is 12.0. The van der Waals surface area contributed by atoms with Gasteiger partial charge in [-0.05, 0) is 13.8 Å². The number of nitrogens with zero attached hydrogens (tertiary/aromatic N) is 4. The third kappa shape index (κ3) is 12.4. The first kappa shape index (κ1) is 30.9. The fraction of sp³-hybridized carbons (Fsp3) is 0.600. The van der Waals surface area contributed by atoms with Crippen molar-refractivity contribution in [2.24, 2.45) is 15.9 Å². The monoisotopic (exact) mass is 487 g/mol. The number of aliphatic hydroxyl groups is 1. The minimum absolute atomic E-state index is 0. The molecule has 0 radical (unpaired) electrons. The van der Waals surface area contributed by atoms with Crippen molar-refractivity contribution >= 4 is 53.5 Å². The molecule has 30 heavy (non-hydrogen) atoms. The molecule has 0 saturated carbocycles. The van der Waals surface area contributed by atoms with Crippen molar-refractivity contribution in [2.45, 2.75) is 26.5 Å². The van der Waals surface area contributed by atoms with Gasteiger partial charge in [-0.15, -0.1) is 10.2 Å². The van der Waals surface area contributed by atoms with Crippen molar-refractivity contribution in [1.29, 1.82) is 0 Å². The van der Waals surface area contributed by atoms with Crippen LogP contribution in [0, 0.1) is 0 Å². The average Bonchev–Trinajstić information content (AvgIpc) is 3.05. The van der Waals surface area contributed by atoms with Crippen molar-refractivity contribution < 1.29 is 33.9 Å². The Kier molecular flexibility index (Phi) is 15.2. The third-order valence-electron chi connectivity index (χ3n) is 2.89. The molecule has 2 rings (SSSR count). The maximum Gasteiger partial charge on any atom is 0.466 e. The van der Waals surface area contributed by atoms with E-state index in [4.69, 9.17) is 30.1 Å². The first-order valence-electron chi connectivity index (χ1n) is 8.08. The van der Waals surface area contributed by atoms with Crippen molar-refractivity contribution in [3.05, 3.63) is 12.2 Å². The van der Waals surface area contributed by atoms with Crippen molar-refractivity contribution in [3.8, 4) is 0 Å². The molecule has 0 aromatic heterocycles. The van der Waals surface area contributed by atoms with E-state index in [2.05, 4.69) is 16.8 Å². The largest absolute Gasteiger partial charge is 0.466 e. The molecular weight excluding hydrogens is 457 g/mol. The van der Waals surface area contributed by atoms with Crippen LogP contribution in [-0.4, -0.2) is 89.5 Å². The molecule has 2 fully saturated rings. The van der Waals surface area contributed by atoms with E-state index in [1.807, 2.05) is 13.8 Å². The van der Waals surface area contributed by atoms with Gasteiger partial charge in [-0.3, -0.25) is 19.4 Å². The zero-order valence-corrected chi connectivity index (χ0v) is 18.8. The number of rotatable bonds is 4. The summed E-state index contributed by atoms with van der Waals surface area (Å²) in [5, 5.41) is 16.9. The van der Waals surface area contributed by atoms with E-state index in [0.29, 0.717) is 29.2 Å². The molecule has 2 saturated heterocycles. The molecule has 15 heteroatoms. The van der Waals surface area contributed by atoms with E-state index >= 15 is 0 Å². The van der Waals surface area contributed by atoms with Gasteiger partial charge in [0.2, 0.25) is 11.8 Å². The van der Waals surface area contributed by atoms with Gasteiger partial charge in [0.25, 0.3) is 0 Å². The normalized spacial score (nSPS) is 21.1. The number of thioether (sulfide) groups is 2. The van der Waals surface area contributed by atoms with E-state index in [9.17, 15) is 9.59 Å². The van der Waals surface area contributed by atoms with Crippen molar-refractivity contribution in [2.75, 3.05) is 32.5 Å². The molecule has 1 unspecified atom stereocenters. The second kappa shape index (κ2) is 14.7. The van der Waals surface area contributed by atoms with E-state index in [0.717, 1.165) is 5.57 Å². The van der Waals surface area contributed by atoms with Gasteiger partial charge in [-0.2, -0.15) is 0 Å². The first-order chi connectivity index (χ1) is 13.3. The number of amides is 2. The molecule has 2 aliphatic heterocycles. The molecule has 0 spiro atoms. The third-order valence-corrected chi connectivity index (χ3v) is 4.96. The summed E-state index contributed by atoms with van der Waals surface area (Å²) in [7, 11) is -2.97. The van der Waals surface area contributed by atoms with Crippen LogP contribution in [0.4, 0.5) is 0 Å². The second-order valence-electron chi connectivity index (χ2n) is 5.67. The van der Waals surface area contributed by atoms with Crippen molar-refractivity contribution in [3.63, 3.8) is 0 Å². The molecular formula is C15H30N5O7PS2. The minimum atomic E-state index is -4.64. The lowest BCUT2D eigenvalue weighted by molar-refractivity contribution is -0.125. The predicted octanol–water partition coefficient (Wildman–Crippen LogP) is 0.00350. The van der Waals surface area contributed by atoms with Crippen LogP contribution in [0.5, 0.6) is 0 Å². The Labute approximate surface area is 184 Å². The number of hydrogen-bond donors (Lipinski definition) is 5. The van der Waals surface area contributed by atoms with Crippen LogP contribution in [0.2, 0.25) is 0 Å². The molecule has 2 heterocycles. The minimum Gasteiger partial charge on any atom is -0.395 e. The van der Waals surface area contributed by atoms with Gasteiger partial charge in [0, 0.05) is 20.1 Å². The van der Waals surface area contributed by atoms with E-state index in [-0.39, 0.29) is 31.1 Å². The van der Waals surface area contributed by atoms with Crippen LogP contribution < -0.4 is 5.73 Å². The smallest absolute Gasteiger partial charge is 0.395 e. The van der Waals surface area contributed by atoms with Gasteiger partial charge in [-0.1, -0.05) is 43.1 Å². The summed E-state index contributed by atoms with van der Waals surface area (Å²) in [4.78, 5) is 48.0. The number of hydrogen-bond acceptors (Lipinski definition) is 9. The Bertz CT molecular complexity index is 703. The molecule has 12 nitrogen and oxygen atoms in total. The van der Waals surface area contributed by atoms with Gasteiger partial charge in [0.15, 0.2) is 10.3 Å². The number of nitrogens with two attached hydrogens (primary N) is 1. The van der Waals surface area contributed by atoms with Crippen LogP contribution in [-0.2, 0) is 14.2 Å². The summed E-state index contributed by atoms with van der Waals surface area (Å²) in [5.41, 5.74) is 5.66. The Hall–Kier alpha value is -1.25. The molecule has 2 aliphatic rings. The highest BCUT2D eigenvalue weighted by atomic mass is 32.2. The highest BCUT2D eigenvalue weighted by Gasteiger charge is 2.35. The van der Waals surface area contributed by atoms with Gasteiger partial charge >= 0.3 is 7.82 Å². The van der Waals surface area contributed by atoms with Crippen LogP contribution in [0.15, 0.2) is 22.4 Å². The molecule has 0 bridgehead atoms. The number of carbonyl (C=O) groups is 2. The quantitative estimate of drug-likeness (QED) is 0.205. The van der Waals surface area contributed by atoms with Crippen LogP contribution in [0.3, 0.4) is 0 Å². The average molecular weight is 488 g/mol. The maximum atomic E-state index is 12.0. The summed E-state index contributed by atoms with van der Waals surface area (Å²) in [6.45, 7) is 8.45. The van der Waals surface area contributed by atoms with Crippen molar-refractivity contribution in [1.82, 2.24) is 9.80 Å². The van der Waals surface area contributed by atoms with E-state index < -0.39 is 7.82 Å². The zero-order chi connectivity index (χ0) is 22.8. The SMILES string of the molecule is C.C=C(C)CN1C(=O)C(C)SC1=NN=C1SCC(=O)N1C.NCCO.O=P(O)(O)O. The predicted molar refractivity (Wildman–Crippen MR) is 121 cm³/mol. The van der Waals surface area contributed by atoms with E-state index in [1.165, 1.54) is 28.4 Å². The van der Waals surface area contributed by atoms with Gasteiger partial charge in [-0.25, -0.2) is 4.57 Å². The Morgan fingerprint density at radius 1 is 1.30 bits per heavy atom. The van der Waals surface area contributed by atoms with E-state index in [1.54, 1.807) is 11.9 Å².